The standard InChI is InChI=1S/C14H15N3O6.C14H9N3O5/c1-3-16(4-2)14(21)9(7-15)12(19)8-5-10(17(22)23)13(20)11(18)6-8;15-7-9(10-3-1-2-4-16-10)13(19)8-5-11(17(21)22)14(20)12(18)6-8/h5-6,18-20H,3-4H2,1-2H3;1-6,18-20H/b12-9-;13-9-. The topological polar surface area (TPSA) is 288 Å². The highest BCUT2D eigenvalue weighted by Gasteiger charge is 2.25. The second-order valence-electron chi connectivity index (χ2n) is 8.60. The van der Waals surface area contributed by atoms with E-state index >= 15 is 0 Å². The molecule has 0 spiro atoms. The number of likely N-dealkylation sites (N-methyl/N-ethyl adjacent to an activating group) is 1. The third-order valence-electron chi connectivity index (χ3n) is 5.96. The predicted octanol–water partition coefficient (Wildman–Crippen LogP) is 4.02. The number of nitro benzene ring substituents is 2. The summed E-state index contributed by atoms with van der Waals surface area (Å²) in [4.78, 5) is 37.1. The number of carbonyl (C=O) groups is 1. The van der Waals surface area contributed by atoms with Crippen LogP contribution in [0.3, 0.4) is 0 Å². The second kappa shape index (κ2) is 14.8. The molecule has 3 aromatic rings. The highest BCUT2D eigenvalue weighted by Crippen LogP contribution is 2.39. The summed E-state index contributed by atoms with van der Waals surface area (Å²) in [6.45, 7) is 3.97. The van der Waals surface area contributed by atoms with Crippen LogP contribution in [0.5, 0.6) is 23.0 Å². The van der Waals surface area contributed by atoms with E-state index in [1.54, 1.807) is 38.1 Å². The van der Waals surface area contributed by atoms with Gasteiger partial charge in [0.25, 0.3) is 5.91 Å². The molecular weight excluding hydrogens is 596 g/mol. The Labute approximate surface area is 253 Å². The molecule has 0 unspecified atom stereocenters. The quantitative estimate of drug-likeness (QED) is 0.0518. The summed E-state index contributed by atoms with van der Waals surface area (Å²) in [5, 5.41) is 98.0. The van der Waals surface area contributed by atoms with Gasteiger partial charge in [0.15, 0.2) is 17.1 Å². The van der Waals surface area contributed by atoms with Gasteiger partial charge in [0.2, 0.25) is 11.5 Å². The number of aromatic nitrogens is 1. The molecule has 1 amide bonds. The molecule has 17 heteroatoms. The van der Waals surface area contributed by atoms with Gasteiger partial charge in [-0.25, -0.2) is 0 Å². The van der Waals surface area contributed by atoms with Gasteiger partial charge >= 0.3 is 11.4 Å². The number of benzene rings is 2. The van der Waals surface area contributed by atoms with Gasteiger partial charge in [-0.1, -0.05) is 6.07 Å². The zero-order chi connectivity index (χ0) is 34.0. The first-order chi connectivity index (χ1) is 21.2. The van der Waals surface area contributed by atoms with Crippen molar-refractivity contribution in [3.63, 3.8) is 0 Å². The Bertz CT molecular complexity index is 1790. The lowest BCUT2D eigenvalue weighted by molar-refractivity contribution is -0.386. The van der Waals surface area contributed by atoms with Gasteiger partial charge in [0.1, 0.15) is 29.2 Å². The molecule has 1 aromatic heterocycles. The monoisotopic (exact) mass is 620 g/mol. The molecule has 2 aromatic carbocycles. The van der Waals surface area contributed by atoms with Crippen molar-refractivity contribution in [2.75, 3.05) is 13.1 Å². The zero-order valence-corrected chi connectivity index (χ0v) is 23.4. The summed E-state index contributed by atoms with van der Waals surface area (Å²) in [5.74, 6) is -5.69. The van der Waals surface area contributed by atoms with Crippen molar-refractivity contribution in [2.45, 2.75) is 13.8 Å². The van der Waals surface area contributed by atoms with Crippen molar-refractivity contribution in [3.05, 3.63) is 91.3 Å². The number of pyridine rings is 1. The molecule has 6 N–H and O–H groups in total. The van der Waals surface area contributed by atoms with E-state index in [4.69, 9.17) is 10.5 Å². The van der Waals surface area contributed by atoms with Gasteiger partial charge in [-0.15, -0.1) is 0 Å². The first-order valence-electron chi connectivity index (χ1n) is 12.5. The Kier molecular flexibility index (Phi) is 11.3. The van der Waals surface area contributed by atoms with Gasteiger partial charge in [0, 0.05) is 42.5 Å². The minimum Gasteiger partial charge on any atom is -0.506 e. The number of aliphatic hydroxyl groups excluding tert-OH is 2. The number of nitriles is 2. The number of nitrogens with zero attached hydrogens (tertiary/aromatic N) is 6. The molecule has 232 valence electrons. The summed E-state index contributed by atoms with van der Waals surface area (Å²) >= 11 is 0. The van der Waals surface area contributed by atoms with E-state index in [-0.39, 0.29) is 22.4 Å². The fourth-order valence-corrected chi connectivity index (χ4v) is 3.66. The molecule has 0 bridgehead atoms. The second-order valence-corrected chi connectivity index (χ2v) is 8.60. The third kappa shape index (κ3) is 7.70. The molecule has 0 saturated heterocycles. The van der Waals surface area contributed by atoms with Crippen molar-refractivity contribution >= 4 is 34.4 Å². The van der Waals surface area contributed by atoms with Crippen molar-refractivity contribution in [3.8, 4) is 35.1 Å². The lowest BCUT2D eigenvalue weighted by Gasteiger charge is -2.18. The number of aliphatic hydroxyl groups is 2. The van der Waals surface area contributed by atoms with Crippen LogP contribution < -0.4 is 0 Å². The van der Waals surface area contributed by atoms with Crippen LogP contribution in [0.25, 0.3) is 17.1 Å². The third-order valence-corrected chi connectivity index (χ3v) is 5.96. The van der Waals surface area contributed by atoms with E-state index in [0.29, 0.717) is 13.1 Å². The molecule has 0 fully saturated rings. The molecule has 0 saturated carbocycles. The lowest BCUT2D eigenvalue weighted by Crippen LogP contribution is -2.31. The Morgan fingerprint density at radius 3 is 1.71 bits per heavy atom. The Balaban J connectivity index is 0.000000314. The van der Waals surface area contributed by atoms with Crippen LogP contribution in [0.15, 0.2) is 54.2 Å². The van der Waals surface area contributed by atoms with Crippen LogP contribution in [0, 0.1) is 42.9 Å². The van der Waals surface area contributed by atoms with E-state index in [1.807, 2.05) is 0 Å². The van der Waals surface area contributed by atoms with E-state index in [9.17, 15) is 55.7 Å². The number of hydrogen-bond acceptors (Lipinski definition) is 14. The fourth-order valence-electron chi connectivity index (χ4n) is 3.66. The Morgan fingerprint density at radius 1 is 0.844 bits per heavy atom. The zero-order valence-electron chi connectivity index (χ0n) is 23.4. The van der Waals surface area contributed by atoms with Crippen molar-refractivity contribution in [1.82, 2.24) is 9.88 Å². The van der Waals surface area contributed by atoms with Crippen LogP contribution in [0.4, 0.5) is 11.4 Å². The predicted molar refractivity (Wildman–Crippen MR) is 155 cm³/mol. The largest absolute Gasteiger partial charge is 0.506 e. The number of allylic oxidation sites excluding steroid dienone is 1. The summed E-state index contributed by atoms with van der Waals surface area (Å²) in [6.07, 6.45) is 1.41. The normalized spacial score (nSPS) is 11.4. The minimum absolute atomic E-state index is 0.165. The fraction of sp³-hybridized carbons (Fsp3) is 0.143. The molecule has 3 rings (SSSR count). The number of aromatic hydroxyl groups is 4. The lowest BCUT2D eigenvalue weighted by atomic mass is 10.0. The van der Waals surface area contributed by atoms with Gasteiger partial charge < -0.3 is 35.5 Å². The summed E-state index contributed by atoms with van der Waals surface area (Å²) < 4.78 is 0. The maximum atomic E-state index is 12.2. The van der Waals surface area contributed by atoms with Gasteiger partial charge in [-0.2, -0.15) is 10.5 Å². The van der Waals surface area contributed by atoms with Gasteiger partial charge in [-0.05, 0) is 38.1 Å². The average molecular weight is 621 g/mol. The van der Waals surface area contributed by atoms with Crippen LogP contribution in [-0.4, -0.2) is 69.4 Å². The summed E-state index contributed by atoms with van der Waals surface area (Å²) in [6, 6.07) is 11.4. The van der Waals surface area contributed by atoms with Crippen molar-refractivity contribution < 1.29 is 45.3 Å². The number of hydrogen-bond donors (Lipinski definition) is 6. The minimum atomic E-state index is -0.972. The number of phenols is 4. The molecule has 0 aliphatic heterocycles. The molecule has 0 radical (unpaired) electrons. The first-order valence-corrected chi connectivity index (χ1v) is 12.5. The van der Waals surface area contributed by atoms with Crippen molar-refractivity contribution in [1.29, 1.82) is 10.5 Å². The number of amides is 1. The molecule has 1 heterocycles. The highest BCUT2D eigenvalue weighted by molar-refractivity contribution is 6.03. The SMILES string of the molecule is CCN(CC)C(=O)/C(C#N)=C(\O)c1cc(O)c(O)c([N+](=O)[O-])c1.N#C/C(=C(/O)c1cc(O)c(O)c([N+](=O)[O-])c1)c1ccccn1. The summed E-state index contributed by atoms with van der Waals surface area (Å²) in [5.41, 5.74) is -2.85. The van der Waals surface area contributed by atoms with Crippen LogP contribution in [0.2, 0.25) is 0 Å². The molecule has 17 nitrogen and oxygen atoms in total. The van der Waals surface area contributed by atoms with Gasteiger partial charge in [0.05, 0.1) is 15.5 Å². The van der Waals surface area contributed by atoms with Crippen LogP contribution in [-0.2, 0) is 4.79 Å². The van der Waals surface area contributed by atoms with Gasteiger partial charge in [-0.3, -0.25) is 30.0 Å². The molecule has 45 heavy (non-hydrogen) atoms. The first kappa shape index (κ1) is 34.3. The number of phenolic OH excluding ortho intramolecular Hbond substituents is 4. The van der Waals surface area contributed by atoms with E-state index in [2.05, 4.69) is 4.98 Å². The molecular formula is C28H24N6O11. The van der Waals surface area contributed by atoms with Crippen molar-refractivity contribution in [2.24, 2.45) is 0 Å². The van der Waals surface area contributed by atoms with E-state index in [1.165, 1.54) is 17.2 Å². The number of carbonyl (C=O) groups excluding carboxylic acids is 1. The smallest absolute Gasteiger partial charge is 0.315 e. The molecule has 0 atom stereocenters. The van der Waals surface area contributed by atoms with E-state index in [0.717, 1.165) is 24.3 Å². The molecule has 0 aliphatic carbocycles. The van der Waals surface area contributed by atoms with Crippen LogP contribution >= 0.6 is 0 Å². The maximum Gasteiger partial charge on any atom is 0.315 e. The average Bonchev–Trinajstić information content (AvgIpc) is 3.01. The van der Waals surface area contributed by atoms with Crippen LogP contribution in [0.1, 0.15) is 30.7 Å². The van der Waals surface area contributed by atoms with E-state index < -0.39 is 67.2 Å². The maximum absolute atomic E-state index is 12.2. The number of nitro groups is 2. The summed E-state index contributed by atoms with van der Waals surface area (Å²) in [7, 11) is 0. The highest BCUT2D eigenvalue weighted by atomic mass is 16.6. The Hall–Kier alpha value is -6.88. The molecule has 0 aliphatic rings. The Morgan fingerprint density at radius 2 is 1.33 bits per heavy atom. The number of rotatable bonds is 8.